The van der Waals surface area contributed by atoms with Crippen LogP contribution in [0.2, 0.25) is 0 Å². The Hall–Kier alpha value is -2.46. The van der Waals surface area contributed by atoms with E-state index in [0.29, 0.717) is 4.31 Å². The first-order chi connectivity index (χ1) is 10.7. The van der Waals surface area contributed by atoms with Gasteiger partial charge in [-0.15, -0.1) is 0 Å². The predicted molar refractivity (Wildman–Crippen MR) is 74.5 cm³/mol. The summed E-state index contributed by atoms with van der Waals surface area (Å²) in [5.74, 6) is -5.43. The number of hydrogen-bond donors (Lipinski definition) is 3. The number of carbonyl (C=O) groups is 3. The summed E-state index contributed by atoms with van der Waals surface area (Å²) >= 11 is 0. The lowest BCUT2D eigenvalue weighted by molar-refractivity contribution is -0.141. The standard InChI is InChI=1S/C13H13NO8S/c15-11(16)7-5-9(13(19)20)14(6-7)23(21,22)10-4-2-1-3-8(10)12(17)18/h1-4,7,9H,5-6H2,(H,15,16)(H,17,18)(H,19,20). The van der Waals surface area contributed by atoms with E-state index in [9.17, 15) is 22.8 Å². The molecule has 2 unspecified atom stereocenters. The molecule has 0 aromatic heterocycles. The van der Waals surface area contributed by atoms with E-state index in [2.05, 4.69) is 0 Å². The Kier molecular flexibility index (Phi) is 4.39. The molecule has 2 rings (SSSR count). The van der Waals surface area contributed by atoms with Gasteiger partial charge in [-0.1, -0.05) is 12.1 Å². The van der Waals surface area contributed by atoms with Gasteiger partial charge in [0.2, 0.25) is 10.0 Å². The van der Waals surface area contributed by atoms with Gasteiger partial charge in [0.05, 0.1) is 16.4 Å². The molecular formula is C13H13NO8S. The van der Waals surface area contributed by atoms with E-state index in [4.69, 9.17) is 15.3 Å². The lowest BCUT2D eigenvalue weighted by Crippen LogP contribution is -2.41. The third kappa shape index (κ3) is 3.03. The maximum Gasteiger partial charge on any atom is 0.337 e. The molecule has 3 N–H and O–H groups in total. The summed E-state index contributed by atoms with van der Waals surface area (Å²) in [6, 6.07) is 3.21. The number of carboxylic acid groups (broad SMARTS) is 3. The summed E-state index contributed by atoms with van der Waals surface area (Å²) in [7, 11) is -4.47. The Bertz CT molecular complexity index is 772. The van der Waals surface area contributed by atoms with Crippen molar-refractivity contribution in [3.63, 3.8) is 0 Å². The molecule has 9 nitrogen and oxygen atoms in total. The molecule has 1 saturated heterocycles. The molecule has 1 aromatic rings. The van der Waals surface area contributed by atoms with Gasteiger partial charge in [-0.05, 0) is 18.6 Å². The van der Waals surface area contributed by atoms with Crippen LogP contribution in [-0.2, 0) is 19.6 Å². The number of sulfonamides is 1. The average Bonchev–Trinajstić information content (AvgIpc) is 2.93. The first kappa shape index (κ1) is 16.9. The van der Waals surface area contributed by atoms with Crippen molar-refractivity contribution in [2.45, 2.75) is 17.4 Å². The lowest BCUT2D eigenvalue weighted by Gasteiger charge is -2.21. The van der Waals surface area contributed by atoms with Crippen LogP contribution in [-0.4, -0.2) is 58.5 Å². The highest BCUT2D eigenvalue weighted by molar-refractivity contribution is 7.89. The molecule has 0 radical (unpaired) electrons. The number of aliphatic carboxylic acids is 2. The van der Waals surface area contributed by atoms with Crippen LogP contribution >= 0.6 is 0 Å². The van der Waals surface area contributed by atoms with Crippen LogP contribution in [0.15, 0.2) is 29.2 Å². The molecule has 0 bridgehead atoms. The normalized spacial score (nSPS) is 21.9. The smallest absolute Gasteiger partial charge is 0.337 e. The Morgan fingerprint density at radius 2 is 1.65 bits per heavy atom. The second kappa shape index (κ2) is 5.97. The molecule has 1 heterocycles. The van der Waals surface area contributed by atoms with E-state index in [-0.39, 0.29) is 6.42 Å². The Labute approximate surface area is 130 Å². The van der Waals surface area contributed by atoms with Crippen molar-refractivity contribution >= 4 is 27.9 Å². The fourth-order valence-electron chi connectivity index (χ4n) is 2.47. The zero-order chi connectivity index (χ0) is 17.4. The van der Waals surface area contributed by atoms with Gasteiger partial charge < -0.3 is 15.3 Å². The van der Waals surface area contributed by atoms with Crippen LogP contribution in [0.25, 0.3) is 0 Å². The van der Waals surface area contributed by atoms with Gasteiger partial charge >= 0.3 is 17.9 Å². The van der Waals surface area contributed by atoms with E-state index in [1.807, 2.05) is 0 Å². The second-order valence-corrected chi connectivity index (χ2v) is 6.86. The van der Waals surface area contributed by atoms with E-state index >= 15 is 0 Å². The molecule has 23 heavy (non-hydrogen) atoms. The number of carboxylic acids is 3. The van der Waals surface area contributed by atoms with Crippen molar-refractivity contribution in [3.05, 3.63) is 29.8 Å². The molecule has 0 saturated carbocycles. The maximum absolute atomic E-state index is 12.6. The van der Waals surface area contributed by atoms with E-state index in [0.717, 1.165) is 12.1 Å². The van der Waals surface area contributed by atoms with Crippen LogP contribution in [0.5, 0.6) is 0 Å². The van der Waals surface area contributed by atoms with Gasteiger partial charge in [0, 0.05) is 6.54 Å². The van der Waals surface area contributed by atoms with Crippen molar-refractivity contribution in [2.75, 3.05) is 6.54 Å². The predicted octanol–water partition coefficient (Wildman–Crippen LogP) is -0.0668. The van der Waals surface area contributed by atoms with E-state index < -0.39 is 56.9 Å². The Morgan fingerprint density at radius 1 is 1.04 bits per heavy atom. The number of hydrogen-bond acceptors (Lipinski definition) is 5. The van der Waals surface area contributed by atoms with Gasteiger partial charge in [0.15, 0.2) is 0 Å². The van der Waals surface area contributed by atoms with Crippen LogP contribution in [0, 0.1) is 5.92 Å². The molecular weight excluding hydrogens is 330 g/mol. The van der Waals surface area contributed by atoms with Crippen molar-refractivity contribution in [3.8, 4) is 0 Å². The SMILES string of the molecule is O=C(O)c1ccccc1S(=O)(=O)N1CC(C(=O)O)CC1C(=O)O. The van der Waals surface area contributed by atoms with Gasteiger partial charge in [0.1, 0.15) is 6.04 Å². The summed E-state index contributed by atoms with van der Waals surface area (Å²) in [4.78, 5) is 32.9. The van der Waals surface area contributed by atoms with E-state index in [1.165, 1.54) is 12.1 Å². The maximum atomic E-state index is 12.6. The molecule has 1 aromatic carbocycles. The van der Waals surface area contributed by atoms with Gasteiger partial charge in [-0.2, -0.15) is 4.31 Å². The van der Waals surface area contributed by atoms with Crippen molar-refractivity contribution in [1.82, 2.24) is 4.31 Å². The monoisotopic (exact) mass is 343 g/mol. The summed E-state index contributed by atoms with van der Waals surface area (Å²) in [5.41, 5.74) is -0.504. The summed E-state index contributed by atoms with van der Waals surface area (Å²) in [5, 5.41) is 27.3. The largest absolute Gasteiger partial charge is 0.481 e. The summed E-state index contributed by atoms with van der Waals surface area (Å²) in [6.45, 7) is -0.525. The number of rotatable bonds is 5. The number of aromatic carboxylic acids is 1. The van der Waals surface area contributed by atoms with Gasteiger partial charge in [-0.25, -0.2) is 13.2 Å². The van der Waals surface area contributed by atoms with Crippen LogP contribution in [0.1, 0.15) is 16.8 Å². The molecule has 0 spiro atoms. The van der Waals surface area contributed by atoms with Crippen LogP contribution < -0.4 is 0 Å². The molecule has 0 amide bonds. The fraction of sp³-hybridized carbons (Fsp3) is 0.308. The Balaban J connectivity index is 2.52. The molecule has 1 fully saturated rings. The minimum absolute atomic E-state index is 0.376. The van der Waals surface area contributed by atoms with Crippen LogP contribution in [0.3, 0.4) is 0 Å². The summed E-state index contributed by atoms with van der Waals surface area (Å²) < 4.78 is 25.8. The van der Waals surface area contributed by atoms with Crippen LogP contribution in [0.4, 0.5) is 0 Å². The average molecular weight is 343 g/mol. The number of benzene rings is 1. The first-order valence-electron chi connectivity index (χ1n) is 6.46. The molecule has 10 heteroatoms. The summed E-state index contributed by atoms with van der Waals surface area (Å²) in [6.07, 6.45) is -0.376. The third-order valence-corrected chi connectivity index (χ3v) is 5.53. The van der Waals surface area contributed by atoms with E-state index in [1.54, 1.807) is 0 Å². The zero-order valence-electron chi connectivity index (χ0n) is 11.6. The molecule has 1 aliphatic rings. The van der Waals surface area contributed by atoms with Crippen molar-refractivity contribution in [1.29, 1.82) is 0 Å². The fourth-order valence-corrected chi connectivity index (χ4v) is 4.29. The highest BCUT2D eigenvalue weighted by Crippen LogP contribution is 2.31. The van der Waals surface area contributed by atoms with Gasteiger partial charge in [-0.3, -0.25) is 9.59 Å². The number of nitrogens with zero attached hydrogens (tertiary/aromatic N) is 1. The highest BCUT2D eigenvalue weighted by Gasteiger charge is 2.47. The third-order valence-electron chi connectivity index (χ3n) is 3.59. The minimum Gasteiger partial charge on any atom is -0.481 e. The van der Waals surface area contributed by atoms with Gasteiger partial charge in [0.25, 0.3) is 0 Å². The lowest BCUT2D eigenvalue weighted by atomic mass is 10.1. The van der Waals surface area contributed by atoms with Crippen molar-refractivity contribution in [2.24, 2.45) is 5.92 Å². The topological polar surface area (TPSA) is 149 Å². The Morgan fingerprint density at radius 3 is 2.17 bits per heavy atom. The molecule has 2 atom stereocenters. The zero-order valence-corrected chi connectivity index (χ0v) is 12.4. The second-order valence-electron chi connectivity index (χ2n) is 5.00. The molecule has 0 aliphatic carbocycles. The van der Waals surface area contributed by atoms with Crippen molar-refractivity contribution < 1.29 is 38.1 Å². The quantitative estimate of drug-likeness (QED) is 0.672. The first-order valence-corrected chi connectivity index (χ1v) is 7.90. The highest BCUT2D eigenvalue weighted by atomic mass is 32.2. The minimum atomic E-state index is -4.47. The molecule has 1 aliphatic heterocycles. The molecule has 124 valence electrons.